The molecule has 1 atom stereocenters. The first kappa shape index (κ1) is 11.0. The first-order valence-electron chi connectivity index (χ1n) is 5.50. The molecule has 86 valence electrons. The van der Waals surface area contributed by atoms with Crippen LogP contribution in [0.3, 0.4) is 0 Å². The van der Waals surface area contributed by atoms with E-state index >= 15 is 0 Å². The summed E-state index contributed by atoms with van der Waals surface area (Å²) in [5.41, 5.74) is 0. The molecule has 0 fully saturated rings. The average molecular weight is 219 g/mol. The van der Waals surface area contributed by atoms with Gasteiger partial charge in [0.2, 0.25) is 0 Å². The lowest BCUT2D eigenvalue weighted by Gasteiger charge is -2.10. The van der Waals surface area contributed by atoms with Crippen molar-refractivity contribution in [2.75, 3.05) is 6.54 Å². The Morgan fingerprint density at radius 2 is 2.44 bits per heavy atom. The van der Waals surface area contributed by atoms with Gasteiger partial charge in [-0.25, -0.2) is 4.98 Å². The van der Waals surface area contributed by atoms with Gasteiger partial charge in [0.15, 0.2) is 0 Å². The zero-order chi connectivity index (χ0) is 11.4. The standard InChI is InChI=1S/C12H17N3O/c1-10(11-4-3-9-16-11)13-6-5-12-14-7-8-15(12)2/h3-4,7-10,13H,5-6H2,1-2H3. The van der Waals surface area contributed by atoms with E-state index in [0.29, 0.717) is 0 Å². The summed E-state index contributed by atoms with van der Waals surface area (Å²) in [5, 5.41) is 3.40. The van der Waals surface area contributed by atoms with E-state index in [9.17, 15) is 0 Å². The molecule has 0 aliphatic heterocycles. The molecule has 0 radical (unpaired) electrons. The van der Waals surface area contributed by atoms with Crippen molar-refractivity contribution in [1.82, 2.24) is 14.9 Å². The molecule has 0 saturated heterocycles. The van der Waals surface area contributed by atoms with Crippen LogP contribution in [0.1, 0.15) is 24.6 Å². The van der Waals surface area contributed by atoms with Gasteiger partial charge in [-0.2, -0.15) is 0 Å². The summed E-state index contributed by atoms with van der Waals surface area (Å²) in [7, 11) is 2.01. The monoisotopic (exact) mass is 219 g/mol. The molecule has 2 heterocycles. The van der Waals surface area contributed by atoms with Gasteiger partial charge in [-0.05, 0) is 19.1 Å². The van der Waals surface area contributed by atoms with Gasteiger partial charge in [-0.3, -0.25) is 0 Å². The molecule has 0 spiro atoms. The third kappa shape index (κ3) is 2.52. The summed E-state index contributed by atoms with van der Waals surface area (Å²) in [6.45, 7) is 2.99. The molecule has 0 bridgehead atoms. The van der Waals surface area contributed by atoms with Gasteiger partial charge in [0, 0.05) is 32.4 Å². The highest BCUT2D eigenvalue weighted by Gasteiger charge is 2.07. The summed E-state index contributed by atoms with van der Waals surface area (Å²) in [6.07, 6.45) is 6.41. The van der Waals surface area contributed by atoms with Crippen molar-refractivity contribution in [3.05, 3.63) is 42.4 Å². The van der Waals surface area contributed by atoms with E-state index in [4.69, 9.17) is 4.42 Å². The molecule has 0 aliphatic rings. The van der Waals surface area contributed by atoms with E-state index in [0.717, 1.165) is 24.6 Å². The molecule has 1 N–H and O–H groups in total. The van der Waals surface area contributed by atoms with E-state index in [1.165, 1.54) is 0 Å². The zero-order valence-electron chi connectivity index (χ0n) is 9.68. The molecule has 4 nitrogen and oxygen atoms in total. The maximum absolute atomic E-state index is 5.32. The number of rotatable bonds is 5. The van der Waals surface area contributed by atoms with Gasteiger partial charge in [0.25, 0.3) is 0 Å². The highest BCUT2D eigenvalue weighted by Crippen LogP contribution is 2.11. The summed E-state index contributed by atoms with van der Waals surface area (Å²) < 4.78 is 7.36. The second-order valence-corrected chi connectivity index (χ2v) is 3.90. The minimum atomic E-state index is 0.246. The lowest BCUT2D eigenvalue weighted by atomic mass is 10.2. The van der Waals surface area contributed by atoms with Gasteiger partial charge in [-0.15, -0.1) is 0 Å². The average Bonchev–Trinajstić information content (AvgIpc) is 2.90. The molecule has 0 amide bonds. The molecule has 1 unspecified atom stereocenters. The van der Waals surface area contributed by atoms with E-state index in [-0.39, 0.29) is 6.04 Å². The minimum absolute atomic E-state index is 0.246. The second-order valence-electron chi connectivity index (χ2n) is 3.90. The highest BCUT2D eigenvalue weighted by atomic mass is 16.3. The summed E-state index contributed by atoms with van der Waals surface area (Å²) in [5.74, 6) is 2.07. The molecule has 0 aromatic carbocycles. The largest absolute Gasteiger partial charge is 0.468 e. The molecule has 0 saturated carbocycles. The fourth-order valence-corrected chi connectivity index (χ4v) is 1.68. The third-order valence-corrected chi connectivity index (χ3v) is 2.69. The van der Waals surface area contributed by atoms with Crippen molar-refractivity contribution < 1.29 is 4.42 Å². The summed E-state index contributed by atoms with van der Waals surface area (Å²) in [6, 6.07) is 4.14. The van der Waals surface area contributed by atoms with Crippen molar-refractivity contribution in [2.45, 2.75) is 19.4 Å². The third-order valence-electron chi connectivity index (χ3n) is 2.69. The molecule has 2 aromatic rings. The Bertz CT molecular complexity index is 419. The fourth-order valence-electron chi connectivity index (χ4n) is 1.68. The predicted molar refractivity (Wildman–Crippen MR) is 62.0 cm³/mol. The second kappa shape index (κ2) is 4.99. The topological polar surface area (TPSA) is 43.0 Å². The quantitative estimate of drug-likeness (QED) is 0.835. The number of nitrogens with one attached hydrogen (secondary N) is 1. The number of aryl methyl sites for hydroxylation is 1. The van der Waals surface area contributed by atoms with Crippen LogP contribution in [0.15, 0.2) is 35.2 Å². The molecule has 4 heteroatoms. The van der Waals surface area contributed by atoms with E-state index in [1.54, 1.807) is 6.26 Å². The van der Waals surface area contributed by atoms with Crippen molar-refractivity contribution in [1.29, 1.82) is 0 Å². The maximum atomic E-state index is 5.32. The maximum Gasteiger partial charge on any atom is 0.120 e. The van der Waals surface area contributed by atoms with Crippen molar-refractivity contribution in [2.24, 2.45) is 7.05 Å². The van der Waals surface area contributed by atoms with Crippen LogP contribution in [0.2, 0.25) is 0 Å². The van der Waals surface area contributed by atoms with Crippen molar-refractivity contribution in [3.63, 3.8) is 0 Å². The summed E-state index contributed by atoms with van der Waals surface area (Å²) in [4.78, 5) is 4.27. The van der Waals surface area contributed by atoms with E-state index in [1.807, 2.05) is 36.1 Å². The molecular formula is C12H17N3O. The lowest BCUT2D eigenvalue weighted by Crippen LogP contribution is -2.21. The Kier molecular flexibility index (Phi) is 3.41. The molecule has 2 rings (SSSR count). The van der Waals surface area contributed by atoms with Crippen LogP contribution in [0, 0.1) is 0 Å². The molecule has 0 aliphatic carbocycles. The smallest absolute Gasteiger partial charge is 0.120 e. The number of hydrogen-bond donors (Lipinski definition) is 1. The first-order chi connectivity index (χ1) is 7.77. The number of hydrogen-bond acceptors (Lipinski definition) is 3. The predicted octanol–water partition coefficient (Wildman–Crippen LogP) is 1.91. The van der Waals surface area contributed by atoms with Gasteiger partial charge < -0.3 is 14.3 Å². The van der Waals surface area contributed by atoms with Crippen LogP contribution < -0.4 is 5.32 Å². The lowest BCUT2D eigenvalue weighted by molar-refractivity contribution is 0.431. The van der Waals surface area contributed by atoms with Gasteiger partial charge in [-0.1, -0.05) is 0 Å². The van der Waals surface area contributed by atoms with Crippen molar-refractivity contribution >= 4 is 0 Å². The highest BCUT2D eigenvalue weighted by molar-refractivity contribution is 5.03. The molecule has 2 aromatic heterocycles. The van der Waals surface area contributed by atoms with Gasteiger partial charge >= 0.3 is 0 Å². The van der Waals surface area contributed by atoms with Gasteiger partial charge in [0.05, 0.1) is 12.3 Å². The van der Waals surface area contributed by atoms with Crippen molar-refractivity contribution in [3.8, 4) is 0 Å². The normalized spacial score (nSPS) is 12.9. The van der Waals surface area contributed by atoms with E-state index in [2.05, 4.69) is 17.2 Å². The summed E-state index contributed by atoms with van der Waals surface area (Å²) >= 11 is 0. The van der Waals surface area contributed by atoms with Crippen LogP contribution in [-0.4, -0.2) is 16.1 Å². The zero-order valence-corrected chi connectivity index (χ0v) is 9.68. The Balaban J connectivity index is 1.78. The Morgan fingerprint density at radius 3 is 3.06 bits per heavy atom. The SMILES string of the molecule is CC(NCCc1nccn1C)c1ccco1. The fraction of sp³-hybridized carbons (Fsp3) is 0.417. The minimum Gasteiger partial charge on any atom is -0.468 e. The van der Waals surface area contributed by atoms with Crippen LogP contribution in [0.5, 0.6) is 0 Å². The Labute approximate surface area is 95.3 Å². The Hall–Kier alpha value is -1.55. The number of furan rings is 1. The molecular weight excluding hydrogens is 202 g/mol. The van der Waals surface area contributed by atoms with E-state index < -0.39 is 0 Å². The van der Waals surface area contributed by atoms with Crippen LogP contribution in [-0.2, 0) is 13.5 Å². The number of imidazole rings is 1. The molecule has 16 heavy (non-hydrogen) atoms. The number of nitrogens with zero attached hydrogens (tertiary/aromatic N) is 2. The van der Waals surface area contributed by atoms with Crippen LogP contribution in [0.4, 0.5) is 0 Å². The number of aromatic nitrogens is 2. The van der Waals surface area contributed by atoms with Gasteiger partial charge in [0.1, 0.15) is 11.6 Å². The Morgan fingerprint density at radius 1 is 1.56 bits per heavy atom. The van der Waals surface area contributed by atoms with Crippen LogP contribution >= 0.6 is 0 Å². The van der Waals surface area contributed by atoms with Crippen LogP contribution in [0.25, 0.3) is 0 Å². The first-order valence-corrected chi connectivity index (χ1v) is 5.50.